The molecule has 35 heavy (non-hydrogen) atoms. The summed E-state index contributed by atoms with van der Waals surface area (Å²) in [5, 5.41) is 6.20. The van der Waals surface area contributed by atoms with Gasteiger partial charge in [-0.15, -0.1) is 0 Å². The minimum atomic E-state index is -3.55. The van der Waals surface area contributed by atoms with Gasteiger partial charge in [-0.1, -0.05) is 6.07 Å². The number of aryl methyl sites for hydroxylation is 2. The van der Waals surface area contributed by atoms with Gasteiger partial charge in [0.15, 0.2) is 5.65 Å². The van der Waals surface area contributed by atoms with Gasteiger partial charge < -0.3 is 20.2 Å². The number of sulfonamides is 1. The Balaban J connectivity index is 1.59. The van der Waals surface area contributed by atoms with E-state index in [2.05, 4.69) is 30.6 Å². The predicted octanol–water partition coefficient (Wildman–Crippen LogP) is 3.15. The average Bonchev–Trinajstić information content (AvgIpc) is 3.45. The summed E-state index contributed by atoms with van der Waals surface area (Å²) >= 11 is 0. The molecule has 4 aromatic rings. The van der Waals surface area contributed by atoms with Crippen LogP contribution in [-0.2, 0) is 21.9 Å². The van der Waals surface area contributed by atoms with Crippen LogP contribution in [0.2, 0.25) is 0 Å². The molecule has 1 aromatic carbocycles. The van der Waals surface area contributed by atoms with E-state index < -0.39 is 10.0 Å². The van der Waals surface area contributed by atoms with E-state index in [1.165, 1.54) is 11.4 Å². The number of aromatic nitrogens is 5. The van der Waals surface area contributed by atoms with Crippen molar-refractivity contribution in [2.75, 3.05) is 28.2 Å². The number of imidazole rings is 2. The van der Waals surface area contributed by atoms with Crippen LogP contribution >= 0.6 is 0 Å². The highest BCUT2D eigenvalue weighted by Gasteiger charge is 2.30. The van der Waals surface area contributed by atoms with Gasteiger partial charge in [0, 0.05) is 37.8 Å². The van der Waals surface area contributed by atoms with E-state index in [1.807, 2.05) is 30.8 Å². The Kier molecular flexibility index (Phi) is 5.47. The number of amides is 1. The van der Waals surface area contributed by atoms with Crippen molar-refractivity contribution in [2.45, 2.75) is 19.8 Å². The van der Waals surface area contributed by atoms with Crippen molar-refractivity contribution in [3.63, 3.8) is 0 Å². The molecule has 0 atom stereocenters. The summed E-state index contributed by atoms with van der Waals surface area (Å²) in [5.41, 5.74) is 4.20. The number of aromatic amines is 1. The SMILES string of the molecule is Cc1nc2nc(NC(=O)C3CC3)cc(Nc3ccc(-c4cn(C)cn4)cc3N(C)S(C)(=O)=O)c2[nH]1. The van der Waals surface area contributed by atoms with Crippen LogP contribution in [0.15, 0.2) is 36.8 Å². The highest BCUT2D eigenvalue weighted by molar-refractivity contribution is 7.92. The van der Waals surface area contributed by atoms with E-state index in [0.29, 0.717) is 39.9 Å². The second-order valence-electron chi connectivity index (χ2n) is 8.85. The maximum absolute atomic E-state index is 12.5. The Hall–Kier alpha value is -3.93. The van der Waals surface area contributed by atoms with Gasteiger partial charge in [-0.2, -0.15) is 0 Å². The topological polar surface area (TPSA) is 138 Å². The molecule has 0 spiro atoms. The molecule has 3 N–H and O–H groups in total. The van der Waals surface area contributed by atoms with E-state index in [0.717, 1.165) is 30.4 Å². The Morgan fingerprint density at radius 1 is 1.20 bits per heavy atom. The first-order chi connectivity index (χ1) is 16.6. The van der Waals surface area contributed by atoms with Gasteiger partial charge in [0.05, 0.1) is 35.3 Å². The molecule has 1 amide bonds. The quantitative estimate of drug-likeness (QED) is 0.359. The van der Waals surface area contributed by atoms with Gasteiger partial charge in [-0.25, -0.2) is 23.4 Å². The van der Waals surface area contributed by atoms with Crippen LogP contribution in [0.5, 0.6) is 0 Å². The third-order valence-electron chi connectivity index (χ3n) is 5.88. The van der Waals surface area contributed by atoms with Gasteiger partial charge in [-0.05, 0) is 31.9 Å². The fourth-order valence-corrected chi connectivity index (χ4v) is 4.29. The molecule has 1 saturated carbocycles. The molecule has 1 aliphatic rings. The number of pyridine rings is 1. The van der Waals surface area contributed by atoms with Crippen LogP contribution in [-0.4, -0.2) is 52.1 Å². The molecule has 1 fully saturated rings. The molecule has 11 nitrogen and oxygen atoms in total. The minimum absolute atomic E-state index is 0.0268. The molecular formula is C23H26N8O3S. The number of anilines is 4. The molecule has 0 bridgehead atoms. The van der Waals surface area contributed by atoms with E-state index in [4.69, 9.17) is 0 Å². The normalized spacial score (nSPS) is 13.7. The summed E-state index contributed by atoms with van der Waals surface area (Å²) in [4.78, 5) is 28.8. The number of nitrogens with zero attached hydrogens (tertiary/aromatic N) is 5. The van der Waals surface area contributed by atoms with E-state index in [9.17, 15) is 13.2 Å². The first-order valence-corrected chi connectivity index (χ1v) is 12.9. The van der Waals surface area contributed by atoms with Crippen molar-refractivity contribution in [1.29, 1.82) is 0 Å². The van der Waals surface area contributed by atoms with Crippen LogP contribution in [0.1, 0.15) is 18.7 Å². The molecule has 0 saturated heterocycles. The number of carbonyl (C=O) groups excluding carboxylic acids is 1. The number of hydrogen-bond donors (Lipinski definition) is 3. The predicted molar refractivity (Wildman–Crippen MR) is 135 cm³/mol. The smallest absolute Gasteiger partial charge is 0.232 e. The molecule has 182 valence electrons. The molecule has 3 aromatic heterocycles. The highest BCUT2D eigenvalue weighted by atomic mass is 32.2. The largest absolute Gasteiger partial charge is 0.352 e. The third-order valence-corrected chi connectivity index (χ3v) is 7.08. The van der Waals surface area contributed by atoms with E-state index >= 15 is 0 Å². The standard InChI is InChI=1S/C23H26N8O3S/c1-13-25-21-17(10-20(28-22(21)26-13)29-23(32)14-5-6-14)27-16-8-7-15(18-11-30(2)12-24-18)9-19(16)31(3)35(4,33)34/h7-12,14H,5-6H2,1-4H3,(H3,25,26,27,28,29,32). The summed E-state index contributed by atoms with van der Waals surface area (Å²) < 4.78 is 28.0. The molecule has 0 unspecified atom stereocenters. The van der Waals surface area contributed by atoms with Crippen molar-refractivity contribution in [3.05, 3.63) is 42.6 Å². The summed E-state index contributed by atoms with van der Waals surface area (Å²) in [6, 6.07) is 7.17. The van der Waals surface area contributed by atoms with Crippen molar-refractivity contribution in [1.82, 2.24) is 24.5 Å². The number of fused-ring (bicyclic) bond motifs is 1. The number of H-pyrrole nitrogens is 1. The zero-order chi connectivity index (χ0) is 24.9. The summed E-state index contributed by atoms with van der Waals surface area (Å²) in [6.07, 6.45) is 6.46. The maximum atomic E-state index is 12.5. The molecule has 3 heterocycles. The van der Waals surface area contributed by atoms with E-state index in [-0.39, 0.29) is 11.8 Å². The monoisotopic (exact) mass is 494 g/mol. The number of nitrogens with one attached hydrogen (secondary N) is 3. The Bertz CT molecular complexity index is 1550. The third kappa shape index (κ3) is 4.69. The van der Waals surface area contributed by atoms with Crippen molar-refractivity contribution in [2.24, 2.45) is 13.0 Å². The zero-order valence-corrected chi connectivity index (χ0v) is 20.6. The number of benzene rings is 1. The summed E-state index contributed by atoms with van der Waals surface area (Å²) in [7, 11) is -0.178. The Morgan fingerprint density at radius 2 is 1.97 bits per heavy atom. The Labute approximate surface area is 202 Å². The lowest BCUT2D eigenvalue weighted by molar-refractivity contribution is -0.117. The van der Waals surface area contributed by atoms with Crippen molar-refractivity contribution in [3.8, 4) is 11.3 Å². The van der Waals surface area contributed by atoms with Crippen molar-refractivity contribution >= 4 is 50.0 Å². The summed E-state index contributed by atoms with van der Waals surface area (Å²) in [6.45, 7) is 1.82. The lowest BCUT2D eigenvalue weighted by Gasteiger charge is -2.22. The van der Waals surface area contributed by atoms with Crippen LogP contribution in [0.4, 0.5) is 22.9 Å². The number of carbonyl (C=O) groups is 1. The van der Waals surface area contributed by atoms with Gasteiger partial charge in [-0.3, -0.25) is 9.10 Å². The molecule has 1 aliphatic carbocycles. The Morgan fingerprint density at radius 3 is 2.63 bits per heavy atom. The van der Waals surface area contributed by atoms with Gasteiger partial charge in [0.1, 0.15) is 17.2 Å². The molecule has 5 rings (SSSR count). The second-order valence-corrected chi connectivity index (χ2v) is 10.9. The minimum Gasteiger partial charge on any atom is -0.352 e. The van der Waals surface area contributed by atoms with Gasteiger partial charge >= 0.3 is 0 Å². The molecule has 0 radical (unpaired) electrons. The van der Waals surface area contributed by atoms with Crippen LogP contribution in [0, 0.1) is 12.8 Å². The van der Waals surface area contributed by atoms with Crippen LogP contribution in [0.25, 0.3) is 22.4 Å². The lowest BCUT2D eigenvalue weighted by Crippen LogP contribution is -2.25. The zero-order valence-electron chi connectivity index (χ0n) is 19.8. The average molecular weight is 495 g/mol. The highest BCUT2D eigenvalue weighted by Crippen LogP contribution is 2.36. The maximum Gasteiger partial charge on any atom is 0.232 e. The molecule has 12 heteroatoms. The lowest BCUT2D eigenvalue weighted by atomic mass is 10.1. The van der Waals surface area contributed by atoms with Gasteiger partial charge in [0.2, 0.25) is 15.9 Å². The van der Waals surface area contributed by atoms with Gasteiger partial charge in [0.25, 0.3) is 0 Å². The number of hydrogen-bond acceptors (Lipinski definition) is 7. The first-order valence-electron chi connectivity index (χ1n) is 11.1. The fourth-order valence-electron chi connectivity index (χ4n) is 3.78. The summed E-state index contributed by atoms with van der Waals surface area (Å²) in [5.74, 6) is 1.01. The molecular weight excluding hydrogens is 468 g/mol. The second kappa shape index (κ2) is 8.38. The van der Waals surface area contributed by atoms with Crippen LogP contribution < -0.4 is 14.9 Å². The first kappa shape index (κ1) is 22.8. The van der Waals surface area contributed by atoms with Crippen LogP contribution in [0.3, 0.4) is 0 Å². The van der Waals surface area contributed by atoms with E-state index in [1.54, 1.807) is 24.5 Å². The molecule has 0 aliphatic heterocycles. The number of rotatable bonds is 7. The fraction of sp³-hybridized carbons (Fsp3) is 0.304. The van der Waals surface area contributed by atoms with Crippen molar-refractivity contribution < 1.29 is 13.2 Å².